The van der Waals surface area contributed by atoms with Crippen molar-refractivity contribution < 1.29 is 4.79 Å². The molecule has 1 amide bonds. The minimum Gasteiger partial charge on any atom is -0.338 e. The van der Waals surface area contributed by atoms with Crippen LogP contribution < -0.4 is 0 Å². The summed E-state index contributed by atoms with van der Waals surface area (Å²) < 4.78 is 0. The number of carbonyl (C=O) groups excluding carboxylic acids is 1. The van der Waals surface area contributed by atoms with Gasteiger partial charge in [-0.2, -0.15) is 0 Å². The molecule has 0 N–H and O–H groups in total. The molecule has 2 aromatic rings. The van der Waals surface area contributed by atoms with E-state index in [1.165, 1.54) is 0 Å². The summed E-state index contributed by atoms with van der Waals surface area (Å²) in [5.74, 6) is 0.752. The van der Waals surface area contributed by atoms with E-state index in [-0.39, 0.29) is 5.91 Å². The maximum absolute atomic E-state index is 12.9. The standard InChI is InChI=1S/C20H27N5O/c1-15-19(13-22-16(2)23-15)20(26)25-11-6-8-18(9-12-25)24(3)14-17-7-4-5-10-21-17/h4-5,7,10,13,18H,6,8-9,11-12,14H2,1-3H3/t18-/m0/s1. The number of hydrogen-bond acceptors (Lipinski definition) is 5. The van der Waals surface area contributed by atoms with Crippen LogP contribution in [-0.4, -0.2) is 56.8 Å². The Morgan fingerprint density at radius 3 is 2.81 bits per heavy atom. The van der Waals surface area contributed by atoms with Gasteiger partial charge in [-0.1, -0.05) is 6.07 Å². The number of amides is 1. The van der Waals surface area contributed by atoms with Gasteiger partial charge in [-0.25, -0.2) is 9.97 Å². The van der Waals surface area contributed by atoms with Gasteiger partial charge in [0.2, 0.25) is 0 Å². The number of carbonyl (C=O) groups is 1. The summed E-state index contributed by atoms with van der Waals surface area (Å²) in [5.41, 5.74) is 2.46. The fraction of sp³-hybridized carbons (Fsp3) is 0.500. The SMILES string of the molecule is Cc1ncc(C(=O)N2CCC[C@H](N(C)Cc3ccccn3)CC2)c(C)n1. The van der Waals surface area contributed by atoms with Crippen LogP contribution in [0, 0.1) is 13.8 Å². The number of nitrogens with zero attached hydrogens (tertiary/aromatic N) is 5. The van der Waals surface area contributed by atoms with Crippen molar-refractivity contribution in [2.75, 3.05) is 20.1 Å². The molecule has 1 fully saturated rings. The molecule has 0 saturated carbocycles. The van der Waals surface area contributed by atoms with Crippen LogP contribution in [0.25, 0.3) is 0 Å². The summed E-state index contributed by atoms with van der Waals surface area (Å²) in [4.78, 5) is 30.1. The second-order valence-corrected chi connectivity index (χ2v) is 7.03. The molecular formula is C20H27N5O. The first-order chi connectivity index (χ1) is 12.5. The zero-order chi connectivity index (χ0) is 18.5. The van der Waals surface area contributed by atoms with Gasteiger partial charge in [-0.05, 0) is 52.3 Å². The first kappa shape index (κ1) is 18.5. The first-order valence-electron chi connectivity index (χ1n) is 9.24. The molecule has 1 saturated heterocycles. The number of likely N-dealkylation sites (tertiary alicyclic amines) is 1. The molecule has 1 aliphatic rings. The molecule has 138 valence electrons. The Labute approximate surface area is 155 Å². The Morgan fingerprint density at radius 2 is 2.08 bits per heavy atom. The van der Waals surface area contributed by atoms with E-state index in [1.807, 2.05) is 37.1 Å². The summed E-state index contributed by atoms with van der Waals surface area (Å²) in [6.45, 7) is 6.12. The van der Waals surface area contributed by atoms with Gasteiger partial charge in [0.25, 0.3) is 5.91 Å². The highest BCUT2D eigenvalue weighted by atomic mass is 16.2. The van der Waals surface area contributed by atoms with Crippen molar-refractivity contribution in [1.82, 2.24) is 24.8 Å². The predicted molar refractivity (Wildman–Crippen MR) is 101 cm³/mol. The van der Waals surface area contributed by atoms with Crippen LogP contribution in [0.5, 0.6) is 0 Å². The van der Waals surface area contributed by atoms with Gasteiger partial charge in [0.15, 0.2) is 0 Å². The molecule has 3 heterocycles. The molecule has 0 bridgehead atoms. The number of hydrogen-bond donors (Lipinski definition) is 0. The van der Waals surface area contributed by atoms with Crippen LogP contribution in [0.3, 0.4) is 0 Å². The average molecular weight is 353 g/mol. The highest BCUT2D eigenvalue weighted by Gasteiger charge is 2.25. The molecule has 3 rings (SSSR count). The fourth-order valence-electron chi connectivity index (χ4n) is 3.56. The smallest absolute Gasteiger partial charge is 0.257 e. The molecule has 0 aromatic carbocycles. The normalized spacial score (nSPS) is 18.0. The minimum atomic E-state index is 0.0514. The van der Waals surface area contributed by atoms with E-state index in [1.54, 1.807) is 6.20 Å². The van der Waals surface area contributed by atoms with Gasteiger partial charge in [-0.3, -0.25) is 14.7 Å². The van der Waals surface area contributed by atoms with Crippen molar-refractivity contribution in [3.05, 3.63) is 53.4 Å². The van der Waals surface area contributed by atoms with E-state index in [2.05, 4.69) is 33.0 Å². The molecule has 2 aromatic heterocycles. The van der Waals surface area contributed by atoms with Gasteiger partial charge in [0.1, 0.15) is 5.82 Å². The maximum Gasteiger partial charge on any atom is 0.257 e. The van der Waals surface area contributed by atoms with Crippen molar-refractivity contribution in [3.8, 4) is 0 Å². The van der Waals surface area contributed by atoms with Crippen molar-refractivity contribution in [1.29, 1.82) is 0 Å². The van der Waals surface area contributed by atoms with Crippen LogP contribution in [0.2, 0.25) is 0 Å². The van der Waals surface area contributed by atoms with Crippen molar-refractivity contribution in [2.45, 2.75) is 45.7 Å². The monoisotopic (exact) mass is 353 g/mol. The Bertz CT molecular complexity index is 749. The van der Waals surface area contributed by atoms with Gasteiger partial charge in [0, 0.05) is 38.1 Å². The van der Waals surface area contributed by atoms with E-state index >= 15 is 0 Å². The quantitative estimate of drug-likeness (QED) is 0.845. The zero-order valence-electron chi connectivity index (χ0n) is 15.9. The highest BCUT2D eigenvalue weighted by Crippen LogP contribution is 2.19. The summed E-state index contributed by atoms with van der Waals surface area (Å²) in [6.07, 6.45) is 6.57. The first-order valence-corrected chi connectivity index (χ1v) is 9.24. The summed E-state index contributed by atoms with van der Waals surface area (Å²) >= 11 is 0. The number of pyridine rings is 1. The molecule has 6 nitrogen and oxygen atoms in total. The maximum atomic E-state index is 12.9. The highest BCUT2D eigenvalue weighted by molar-refractivity contribution is 5.94. The minimum absolute atomic E-state index is 0.0514. The largest absolute Gasteiger partial charge is 0.338 e. The third-order valence-corrected chi connectivity index (χ3v) is 5.08. The third kappa shape index (κ3) is 4.43. The molecule has 0 radical (unpaired) electrons. The number of aryl methyl sites for hydroxylation is 2. The van der Waals surface area contributed by atoms with Crippen molar-refractivity contribution in [2.24, 2.45) is 0 Å². The van der Waals surface area contributed by atoms with Crippen molar-refractivity contribution in [3.63, 3.8) is 0 Å². The molecule has 26 heavy (non-hydrogen) atoms. The summed E-state index contributed by atoms with van der Waals surface area (Å²) in [7, 11) is 2.15. The van der Waals surface area contributed by atoms with Gasteiger partial charge in [-0.15, -0.1) is 0 Å². The number of rotatable bonds is 4. The lowest BCUT2D eigenvalue weighted by Crippen LogP contribution is -2.35. The summed E-state index contributed by atoms with van der Waals surface area (Å²) in [5, 5.41) is 0. The third-order valence-electron chi connectivity index (χ3n) is 5.08. The van der Waals surface area contributed by atoms with E-state index in [4.69, 9.17) is 0 Å². The van der Waals surface area contributed by atoms with Gasteiger partial charge in [0.05, 0.1) is 17.0 Å². The Kier molecular flexibility index (Phi) is 5.93. The fourth-order valence-corrected chi connectivity index (χ4v) is 3.56. The Hall–Kier alpha value is -2.34. The van der Waals surface area contributed by atoms with E-state index in [0.717, 1.165) is 50.3 Å². The van der Waals surface area contributed by atoms with Crippen LogP contribution in [0.1, 0.15) is 46.8 Å². The van der Waals surface area contributed by atoms with Crippen LogP contribution in [0.4, 0.5) is 0 Å². The van der Waals surface area contributed by atoms with Crippen molar-refractivity contribution >= 4 is 5.91 Å². The van der Waals surface area contributed by atoms with E-state index in [0.29, 0.717) is 17.4 Å². The van der Waals surface area contributed by atoms with Gasteiger partial charge < -0.3 is 4.90 Å². The molecule has 0 aliphatic carbocycles. The van der Waals surface area contributed by atoms with Crippen LogP contribution in [0.15, 0.2) is 30.6 Å². The molecule has 1 aliphatic heterocycles. The average Bonchev–Trinajstić information content (AvgIpc) is 2.88. The lowest BCUT2D eigenvalue weighted by Gasteiger charge is -2.27. The number of aromatic nitrogens is 3. The Morgan fingerprint density at radius 1 is 1.23 bits per heavy atom. The zero-order valence-corrected chi connectivity index (χ0v) is 15.9. The molecule has 0 unspecified atom stereocenters. The molecule has 0 spiro atoms. The Balaban J connectivity index is 1.61. The van der Waals surface area contributed by atoms with Crippen LogP contribution >= 0.6 is 0 Å². The lowest BCUT2D eigenvalue weighted by atomic mass is 10.1. The van der Waals surface area contributed by atoms with E-state index in [9.17, 15) is 4.79 Å². The van der Waals surface area contributed by atoms with E-state index < -0.39 is 0 Å². The van der Waals surface area contributed by atoms with Crippen LogP contribution in [-0.2, 0) is 6.54 Å². The topological polar surface area (TPSA) is 62.2 Å². The second-order valence-electron chi connectivity index (χ2n) is 7.03. The second kappa shape index (κ2) is 8.36. The van der Waals surface area contributed by atoms with Gasteiger partial charge >= 0.3 is 0 Å². The molecule has 6 heteroatoms. The lowest BCUT2D eigenvalue weighted by molar-refractivity contribution is 0.0755. The molecular weight excluding hydrogens is 326 g/mol. The summed E-state index contributed by atoms with van der Waals surface area (Å²) in [6, 6.07) is 6.49. The predicted octanol–water partition coefficient (Wildman–Crippen LogP) is 2.62. The molecule has 1 atom stereocenters.